The van der Waals surface area contributed by atoms with Crippen molar-refractivity contribution < 1.29 is 22.4 Å². The first-order valence-electron chi connectivity index (χ1n) is 6.47. The summed E-state index contributed by atoms with van der Waals surface area (Å²) in [7, 11) is -1.73. The molecule has 0 rings (SSSR count). The molecule has 0 saturated heterocycles. The third kappa shape index (κ3) is 5.74. The second-order valence-electron chi connectivity index (χ2n) is 3.67. The smallest absolute Gasteiger partial charge is 0.354 e. The van der Waals surface area contributed by atoms with Crippen molar-refractivity contribution in [2.75, 3.05) is 26.9 Å². The zero-order valence-electron chi connectivity index (χ0n) is 12.2. The average Bonchev–Trinajstić information content (AvgIpc) is 2.30. The molecular weight excluding hydrogens is 254 g/mol. The molecular formula is C11H27NO5Si. The monoisotopic (exact) mass is 281 g/mol. The van der Waals surface area contributed by atoms with Gasteiger partial charge in [-0.3, -0.25) is 5.73 Å². The topological polar surface area (TPSA) is 72.2 Å². The van der Waals surface area contributed by atoms with E-state index in [1.807, 2.05) is 27.7 Å². The lowest BCUT2D eigenvalue weighted by Gasteiger charge is -2.36. The van der Waals surface area contributed by atoms with Gasteiger partial charge in [0.15, 0.2) is 0 Å². The molecule has 0 spiro atoms. The Kier molecular flexibility index (Phi) is 8.96. The number of ether oxygens (including phenoxy) is 1. The van der Waals surface area contributed by atoms with E-state index in [2.05, 4.69) is 0 Å². The second-order valence-corrected chi connectivity index (χ2v) is 5.86. The second kappa shape index (κ2) is 8.97. The van der Waals surface area contributed by atoms with Crippen molar-refractivity contribution in [3.05, 3.63) is 0 Å². The Morgan fingerprint density at radius 3 is 1.89 bits per heavy atom. The van der Waals surface area contributed by atoms with Gasteiger partial charge in [-0.15, -0.1) is 0 Å². The summed E-state index contributed by atoms with van der Waals surface area (Å²) >= 11 is 0. The maximum Gasteiger partial charge on any atom is 0.682 e. The van der Waals surface area contributed by atoms with Crippen LogP contribution < -0.4 is 5.73 Å². The molecule has 1 atom stereocenters. The molecule has 6 nitrogen and oxygen atoms in total. The Bertz CT molecular complexity index is 206. The fraction of sp³-hybridized carbons (Fsp3) is 1.00. The van der Waals surface area contributed by atoms with E-state index < -0.39 is 15.0 Å². The zero-order valence-corrected chi connectivity index (χ0v) is 13.2. The minimum atomic E-state index is -3.23. The van der Waals surface area contributed by atoms with Crippen molar-refractivity contribution >= 4 is 9.05 Å². The standard InChI is InChI=1S/C11H27NO5Si/c1-6-10-11(12,14-7-2)17-18(13-5,15-8-3)16-9-4/h6-10,12H2,1-5H3. The minimum absolute atomic E-state index is 0.425. The molecule has 0 aromatic carbocycles. The summed E-state index contributed by atoms with van der Waals surface area (Å²) in [6.45, 7) is 8.86. The molecule has 1 unspecified atom stereocenters. The maximum atomic E-state index is 6.09. The third-order valence-electron chi connectivity index (χ3n) is 2.18. The third-order valence-corrected chi connectivity index (χ3v) is 4.56. The van der Waals surface area contributed by atoms with Gasteiger partial charge >= 0.3 is 9.05 Å². The normalized spacial score (nSPS) is 15.7. The summed E-state index contributed by atoms with van der Waals surface area (Å²) in [6.07, 6.45) is 1.36. The average molecular weight is 281 g/mol. The van der Waals surface area contributed by atoms with Crippen LogP contribution in [0.15, 0.2) is 0 Å². The molecule has 0 radical (unpaired) electrons. The number of hydrogen-bond acceptors (Lipinski definition) is 6. The van der Waals surface area contributed by atoms with Gasteiger partial charge in [0, 0.05) is 33.4 Å². The highest BCUT2D eigenvalue weighted by molar-refractivity contribution is 6.53. The van der Waals surface area contributed by atoms with E-state index >= 15 is 0 Å². The van der Waals surface area contributed by atoms with Gasteiger partial charge in [-0.1, -0.05) is 6.92 Å². The highest BCUT2D eigenvalue weighted by atomic mass is 28.4. The summed E-state index contributed by atoms with van der Waals surface area (Å²) in [5.41, 5.74) is 6.09. The summed E-state index contributed by atoms with van der Waals surface area (Å²) in [6, 6.07) is 0. The lowest BCUT2D eigenvalue weighted by Crippen LogP contribution is -2.59. The van der Waals surface area contributed by atoms with Crippen LogP contribution >= 0.6 is 0 Å². The van der Waals surface area contributed by atoms with Crippen LogP contribution in [0.2, 0.25) is 0 Å². The predicted molar refractivity (Wildman–Crippen MR) is 70.6 cm³/mol. The van der Waals surface area contributed by atoms with Crippen molar-refractivity contribution in [1.82, 2.24) is 0 Å². The lowest BCUT2D eigenvalue weighted by atomic mass is 10.3. The van der Waals surface area contributed by atoms with Crippen LogP contribution in [0.4, 0.5) is 0 Å². The first-order chi connectivity index (χ1) is 8.51. The van der Waals surface area contributed by atoms with Gasteiger partial charge in [-0.05, 0) is 27.2 Å². The van der Waals surface area contributed by atoms with Crippen molar-refractivity contribution in [3.8, 4) is 0 Å². The fourth-order valence-corrected chi connectivity index (χ4v) is 3.38. The molecule has 18 heavy (non-hydrogen) atoms. The molecule has 110 valence electrons. The van der Waals surface area contributed by atoms with Crippen LogP contribution in [-0.2, 0) is 22.4 Å². The Balaban J connectivity index is 4.87. The van der Waals surface area contributed by atoms with Gasteiger partial charge in [-0.2, -0.15) is 0 Å². The van der Waals surface area contributed by atoms with Gasteiger partial charge in [0.05, 0.1) is 0 Å². The molecule has 0 aliphatic rings. The van der Waals surface area contributed by atoms with Crippen molar-refractivity contribution in [1.29, 1.82) is 0 Å². The molecule has 0 aromatic heterocycles. The summed E-state index contributed by atoms with van der Waals surface area (Å²) < 4.78 is 27.6. The number of hydrogen-bond donors (Lipinski definition) is 1. The quantitative estimate of drug-likeness (QED) is 0.458. The Morgan fingerprint density at radius 1 is 1.00 bits per heavy atom. The van der Waals surface area contributed by atoms with Crippen LogP contribution in [0.3, 0.4) is 0 Å². The molecule has 0 fully saturated rings. The van der Waals surface area contributed by atoms with Gasteiger partial charge in [0.25, 0.3) is 0 Å². The van der Waals surface area contributed by atoms with Gasteiger partial charge in [-0.25, -0.2) is 0 Å². The zero-order chi connectivity index (χ0) is 14.1. The van der Waals surface area contributed by atoms with E-state index in [1.165, 1.54) is 7.11 Å². The highest BCUT2D eigenvalue weighted by Gasteiger charge is 2.50. The van der Waals surface area contributed by atoms with Crippen LogP contribution in [-0.4, -0.2) is 41.9 Å². The van der Waals surface area contributed by atoms with Gasteiger partial charge in [0.2, 0.25) is 5.91 Å². The van der Waals surface area contributed by atoms with E-state index in [-0.39, 0.29) is 0 Å². The predicted octanol–water partition coefficient (Wildman–Crippen LogP) is 1.61. The molecule has 0 aliphatic heterocycles. The first-order valence-corrected chi connectivity index (χ1v) is 8.10. The molecule has 0 amide bonds. The number of rotatable bonds is 11. The van der Waals surface area contributed by atoms with E-state index in [0.29, 0.717) is 26.2 Å². The van der Waals surface area contributed by atoms with Gasteiger partial charge < -0.3 is 22.4 Å². The minimum Gasteiger partial charge on any atom is -0.354 e. The summed E-state index contributed by atoms with van der Waals surface area (Å²) in [5, 5.41) is 0. The van der Waals surface area contributed by atoms with Crippen molar-refractivity contribution in [3.63, 3.8) is 0 Å². The molecule has 0 aromatic rings. The molecule has 0 bridgehead atoms. The lowest BCUT2D eigenvalue weighted by molar-refractivity contribution is -0.225. The van der Waals surface area contributed by atoms with Crippen LogP contribution in [0.5, 0.6) is 0 Å². The van der Waals surface area contributed by atoms with E-state index in [1.54, 1.807) is 0 Å². The highest BCUT2D eigenvalue weighted by Crippen LogP contribution is 2.22. The summed E-state index contributed by atoms with van der Waals surface area (Å²) in [5.74, 6) is -1.23. The Labute approximate surface area is 111 Å². The molecule has 0 heterocycles. The van der Waals surface area contributed by atoms with Crippen LogP contribution in [0.1, 0.15) is 40.5 Å². The molecule has 2 N–H and O–H groups in total. The first kappa shape index (κ1) is 18.0. The fourth-order valence-electron chi connectivity index (χ4n) is 1.57. The Hall–Kier alpha value is -0.0231. The van der Waals surface area contributed by atoms with Gasteiger partial charge in [0.1, 0.15) is 0 Å². The summed E-state index contributed by atoms with van der Waals surface area (Å²) in [4.78, 5) is 0. The number of nitrogens with two attached hydrogens (primary N) is 1. The van der Waals surface area contributed by atoms with Crippen molar-refractivity contribution in [2.45, 2.75) is 46.4 Å². The Morgan fingerprint density at radius 2 is 1.56 bits per heavy atom. The van der Waals surface area contributed by atoms with Crippen molar-refractivity contribution in [2.24, 2.45) is 5.73 Å². The molecule has 0 aliphatic carbocycles. The van der Waals surface area contributed by atoms with Crippen LogP contribution in [0, 0.1) is 0 Å². The van der Waals surface area contributed by atoms with E-state index in [4.69, 9.17) is 28.2 Å². The van der Waals surface area contributed by atoms with Crippen LogP contribution in [0.25, 0.3) is 0 Å². The van der Waals surface area contributed by atoms with E-state index in [0.717, 1.165) is 6.42 Å². The van der Waals surface area contributed by atoms with E-state index in [9.17, 15) is 0 Å². The molecule has 7 heteroatoms. The maximum absolute atomic E-state index is 6.09. The molecule has 0 saturated carbocycles. The largest absolute Gasteiger partial charge is 0.682 e. The SMILES string of the molecule is CCCC(N)(OCC)O[Si](OC)(OCC)OCC.